The lowest BCUT2D eigenvalue weighted by Crippen LogP contribution is -2.09. The maximum Gasteiger partial charge on any atom is 0.180 e. The minimum Gasteiger partial charge on any atom is -0.338 e. The number of nitrogens with one attached hydrogen (secondary N) is 1. The van der Waals surface area contributed by atoms with E-state index in [9.17, 15) is 4.79 Å². The van der Waals surface area contributed by atoms with Crippen molar-refractivity contribution in [3.63, 3.8) is 0 Å². The molecule has 0 bridgehead atoms. The summed E-state index contributed by atoms with van der Waals surface area (Å²) in [6.07, 6.45) is 3.10. The van der Waals surface area contributed by atoms with E-state index < -0.39 is 0 Å². The SMILES string of the molecule is CC(C)CCc1cc(C(C)C)c(C=O)n1Cc1ccc(-c2ccccc2-c2nnn[nH]2)cc1. The van der Waals surface area contributed by atoms with Crippen LogP contribution in [0.25, 0.3) is 22.5 Å². The second-order valence-corrected chi connectivity index (χ2v) is 9.26. The van der Waals surface area contributed by atoms with Gasteiger partial charge < -0.3 is 4.57 Å². The van der Waals surface area contributed by atoms with Crippen LogP contribution in [0.2, 0.25) is 0 Å². The highest BCUT2D eigenvalue weighted by Crippen LogP contribution is 2.30. The number of aromatic nitrogens is 5. The van der Waals surface area contributed by atoms with Crippen molar-refractivity contribution in [2.45, 2.75) is 53.0 Å². The third kappa shape index (κ3) is 4.95. The minimum absolute atomic E-state index is 0.314. The fraction of sp³-hybridized carbons (Fsp3) is 0.333. The normalized spacial score (nSPS) is 11.5. The highest BCUT2D eigenvalue weighted by Gasteiger charge is 2.18. The van der Waals surface area contributed by atoms with Gasteiger partial charge in [-0.1, -0.05) is 76.2 Å². The number of carbonyl (C=O) groups is 1. The van der Waals surface area contributed by atoms with E-state index >= 15 is 0 Å². The summed E-state index contributed by atoms with van der Waals surface area (Å²) in [5, 5.41) is 14.3. The Morgan fingerprint density at radius 3 is 2.33 bits per heavy atom. The number of nitrogens with zero attached hydrogens (tertiary/aromatic N) is 4. The Bertz CT molecular complexity index is 1200. The predicted octanol–water partition coefficient (Wildman–Crippen LogP) is 5.91. The van der Waals surface area contributed by atoms with Crippen molar-refractivity contribution in [1.29, 1.82) is 0 Å². The van der Waals surface area contributed by atoms with E-state index in [1.165, 1.54) is 5.69 Å². The highest BCUT2D eigenvalue weighted by molar-refractivity contribution is 5.80. The van der Waals surface area contributed by atoms with Gasteiger partial charge in [0.05, 0.1) is 5.69 Å². The fourth-order valence-electron chi connectivity index (χ4n) is 4.25. The van der Waals surface area contributed by atoms with Gasteiger partial charge in [-0.25, -0.2) is 5.10 Å². The van der Waals surface area contributed by atoms with Gasteiger partial charge in [0.1, 0.15) is 0 Å². The lowest BCUT2D eigenvalue weighted by atomic mass is 9.98. The highest BCUT2D eigenvalue weighted by atomic mass is 16.1. The second-order valence-electron chi connectivity index (χ2n) is 9.26. The van der Waals surface area contributed by atoms with E-state index in [2.05, 4.69) is 89.3 Å². The van der Waals surface area contributed by atoms with Crippen molar-refractivity contribution in [3.05, 3.63) is 77.1 Å². The van der Waals surface area contributed by atoms with Crippen LogP contribution in [-0.2, 0) is 13.0 Å². The van der Waals surface area contributed by atoms with Gasteiger partial charge in [-0.2, -0.15) is 0 Å². The number of benzene rings is 2. The van der Waals surface area contributed by atoms with E-state index in [-0.39, 0.29) is 0 Å². The lowest BCUT2D eigenvalue weighted by Gasteiger charge is -2.14. The molecule has 0 radical (unpaired) electrons. The van der Waals surface area contributed by atoms with Crippen molar-refractivity contribution >= 4 is 6.29 Å². The molecule has 170 valence electrons. The summed E-state index contributed by atoms with van der Waals surface area (Å²) in [7, 11) is 0. The number of aldehydes is 1. The first-order valence-electron chi connectivity index (χ1n) is 11.6. The molecule has 0 aliphatic heterocycles. The summed E-state index contributed by atoms with van der Waals surface area (Å²) < 4.78 is 2.20. The van der Waals surface area contributed by atoms with Gasteiger partial charge in [0.25, 0.3) is 0 Å². The molecule has 6 nitrogen and oxygen atoms in total. The first kappa shape index (κ1) is 22.6. The van der Waals surface area contributed by atoms with E-state index in [1.54, 1.807) is 0 Å². The third-order valence-electron chi connectivity index (χ3n) is 6.10. The number of aromatic amines is 1. The van der Waals surface area contributed by atoms with Gasteiger partial charge in [-0.05, 0) is 63.4 Å². The van der Waals surface area contributed by atoms with Crippen LogP contribution in [-0.4, -0.2) is 31.5 Å². The Hall–Kier alpha value is -3.54. The van der Waals surface area contributed by atoms with Crippen LogP contribution in [0.5, 0.6) is 0 Å². The molecule has 1 N–H and O–H groups in total. The zero-order valence-electron chi connectivity index (χ0n) is 19.7. The number of H-pyrrole nitrogens is 1. The fourth-order valence-corrected chi connectivity index (χ4v) is 4.25. The minimum atomic E-state index is 0.314. The molecular formula is C27H31N5O. The molecule has 33 heavy (non-hydrogen) atoms. The van der Waals surface area contributed by atoms with Gasteiger partial charge in [0.15, 0.2) is 12.1 Å². The third-order valence-corrected chi connectivity index (χ3v) is 6.10. The van der Waals surface area contributed by atoms with E-state index in [0.717, 1.165) is 52.6 Å². The predicted molar refractivity (Wildman–Crippen MR) is 131 cm³/mol. The van der Waals surface area contributed by atoms with Gasteiger partial charge in [0.2, 0.25) is 0 Å². The Morgan fingerprint density at radius 1 is 1.00 bits per heavy atom. The largest absolute Gasteiger partial charge is 0.338 e. The monoisotopic (exact) mass is 441 g/mol. The van der Waals surface area contributed by atoms with Gasteiger partial charge in [-0.3, -0.25) is 4.79 Å². The number of tetrazole rings is 1. The number of rotatable bonds is 9. The lowest BCUT2D eigenvalue weighted by molar-refractivity contribution is 0.111. The van der Waals surface area contributed by atoms with Crippen LogP contribution < -0.4 is 0 Å². The smallest absolute Gasteiger partial charge is 0.180 e. The van der Waals surface area contributed by atoms with E-state index in [1.807, 2.05) is 18.2 Å². The average Bonchev–Trinajstić information content (AvgIpc) is 3.46. The first-order valence-corrected chi connectivity index (χ1v) is 11.6. The summed E-state index contributed by atoms with van der Waals surface area (Å²) in [6.45, 7) is 9.46. The average molecular weight is 442 g/mol. The summed E-state index contributed by atoms with van der Waals surface area (Å²) in [6, 6.07) is 18.8. The van der Waals surface area contributed by atoms with Crippen LogP contribution in [0, 0.1) is 5.92 Å². The molecule has 0 unspecified atom stereocenters. The van der Waals surface area contributed by atoms with Crippen LogP contribution in [0.1, 0.15) is 67.3 Å². The molecule has 0 saturated carbocycles. The molecule has 2 heterocycles. The molecule has 6 heteroatoms. The zero-order chi connectivity index (χ0) is 23.4. The van der Waals surface area contributed by atoms with Crippen LogP contribution >= 0.6 is 0 Å². The summed E-state index contributed by atoms with van der Waals surface area (Å²) in [5.41, 5.74) is 7.46. The van der Waals surface area contributed by atoms with E-state index in [4.69, 9.17) is 0 Å². The van der Waals surface area contributed by atoms with Gasteiger partial charge in [0, 0.05) is 17.8 Å². The van der Waals surface area contributed by atoms with Crippen molar-refractivity contribution in [2.75, 3.05) is 0 Å². The quantitative estimate of drug-likeness (QED) is 0.328. The zero-order valence-corrected chi connectivity index (χ0v) is 19.7. The van der Waals surface area contributed by atoms with Gasteiger partial charge in [-0.15, -0.1) is 5.10 Å². The van der Waals surface area contributed by atoms with Gasteiger partial charge >= 0.3 is 0 Å². The Kier molecular flexibility index (Phi) is 6.82. The van der Waals surface area contributed by atoms with Crippen LogP contribution in [0.4, 0.5) is 0 Å². The molecule has 2 aromatic carbocycles. The summed E-state index contributed by atoms with van der Waals surface area (Å²) in [5.74, 6) is 1.58. The van der Waals surface area contributed by atoms with Crippen molar-refractivity contribution in [3.8, 4) is 22.5 Å². The number of hydrogen-bond donors (Lipinski definition) is 1. The maximum atomic E-state index is 12.0. The Morgan fingerprint density at radius 2 is 1.73 bits per heavy atom. The molecule has 2 aromatic heterocycles. The molecule has 0 aliphatic carbocycles. The first-order chi connectivity index (χ1) is 16.0. The number of carbonyl (C=O) groups excluding carboxylic acids is 1. The van der Waals surface area contributed by atoms with Crippen molar-refractivity contribution in [2.24, 2.45) is 5.92 Å². The Labute approximate surface area is 195 Å². The maximum absolute atomic E-state index is 12.0. The van der Waals surface area contributed by atoms with E-state index in [0.29, 0.717) is 24.2 Å². The molecule has 4 aromatic rings. The molecule has 0 amide bonds. The molecule has 0 aliphatic rings. The summed E-state index contributed by atoms with van der Waals surface area (Å²) >= 11 is 0. The molecule has 0 atom stereocenters. The molecule has 4 rings (SSSR count). The molecule has 0 fully saturated rings. The van der Waals surface area contributed by atoms with Crippen LogP contribution in [0.3, 0.4) is 0 Å². The summed E-state index contributed by atoms with van der Waals surface area (Å²) in [4.78, 5) is 12.0. The number of hydrogen-bond acceptors (Lipinski definition) is 4. The second kappa shape index (κ2) is 9.94. The standard InChI is InChI=1S/C27H31N5O/c1-18(2)9-14-22-15-25(19(3)4)26(17-33)32(22)16-20-10-12-21(13-11-20)23-7-5-6-8-24(23)27-28-30-31-29-27/h5-8,10-13,15,17-19H,9,14,16H2,1-4H3,(H,28,29,30,31). The molecule has 0 spiro atoms. The Balaban J connectivity index is 1.65. The van der Waals surface area contributed by atoms with Crippen molar-refractivity contribution < 1.29 is 4.79 Å². The topological polar surface area (TPSA) is 76.5 Å². The van der Waals surface area contributed by atoms with Crippen molar-refractivity contribution in [1.82, 2.24) is 25.2 Å². The molecule has 0 saturated heterocycles. The molecular weight excluding hydrogens is 410 g/mol. The number of aryl methyl sites for hydroxylation is 1. The van der Waals surface area contributed by atoms with Crippen LogP contribution in [0.15, 0.2) is 54.6 Å².